The lowest BCUT2D eigenvalue weighted by atomic mass is 10.2. The fraction of sp³-hybridized carbons (Fsp3) is 0.125. The van der Waals surface area contributed by atoms with E-state index >= 15 is 0 Å². The van der Waals surface area contributed by atoms with Crippen LogP contribution in [0.2, 0.25) is 0 Å². The van der Waals surface area contributed by atoms with Crippen LogP contribution in [0.15, 0.2) is 52.5 Å². The number of hydrogen-bond acceptors (Lipinski definition) is 4. The zero-order valence-electron chi connectivity index (χ0n) is 12.1. The molecule has 3 aromatic rings. The van der Waals surface area contributed by atoms with Crippen LogP contribution in [0.1, 0.15) is 11.3 Å². The molecule has 0 aliphatic carbocycles. The number of carbonyl (C=O) groups excluding carboxylic acids is 1. The Bertz CT molecular complexity index is 841. The van der Waals surface area contributed by atoms with Crippen molar-refractivity contribution in [3.63, 3.8) is 0 Å². The molecule has 0 radical (unpaired) electrons. The fourth-order valence-corrected chi connectivity index (χ4v) is 2.83. The second kappa shape index (κ2) is 6.48. The highest BCUT2D eigenvalue weighted by molar-refractivity contribution is 7.13. The number of rotatable bonds is 4. The predicted molar refractivity (Wildman–Crippen MR) is 83.6 cm³/mol. The number of alkyl halides is 3. The maximum Gasteiger partial charge on any atom is 0.416 e. The van der Waals surface area contributed by atoms with E-state index in [1.807, 2.05) is 0 Å². The monoisotopic (exact) mass is 352 g/mol. The Morgan fingerprint density at radius 2 is 2.08 bits per heavy atom. The minimum absolute atomic E-state index is 0.0343. The van der Waals surface area contributed by atoms with Crippen LogP contribution < -0.4 is 5.32 Å². The van der Waals surface area contributed by atoms with Crippen molar-refractivity contribution in [3.05, 3.63) is 59.3 Å². The second-order valence-electron chi connectivity index (χ2n) is 4.92. The van der Waals surface area contributed by atoms with E-state index in [2.05, 4.69) is 10.3 Å². The maximum atomic E-state index is 12.7. The maximum absolute atomic E-state index is 12.7. The Kier molecular flexibility index (Phi) is 4.39. The zero-order valence-corrected chi connectivity index (χ0v) is 12.9. The Morgan fingerprint density at radius 3 is 2.79 bits per heavy atom. The number of hydrogen-bond donors (Lipinski definition) is 1. The molecule has 0 bridgehead atoms. The summed E-state index contributed by atoms with van der Waals surface area (Å²) in [4.78, 5) is 16.3. The van der Waals surface area contributed by atoms with Gasteiger partial charge in [-0.15, -0.1) is 11.3 Å². The van der Waals surface area contributed by atoms with E-state index in [-0.39, 0.29) is 12.1 Å². The van der Waals surface area contributed by atoms with Crippen LogP contribution in [0.5, 0.6) is 0 Å². The summed E-state index contributed by atoms with van der Waals surface area (Å²) < 4.78 is 43.2. The number of anilines is 1. The number of carbonyl (C=O) groups is 1. The first-order chi connectivity index (χ1) is 11.4. The molecular weight excluding hydrogens is 341 g/mol. The van der Waals surface area contributed by atoms with Gasteiger partial charge >= 0.3 is 6.18 Å². The number of amides is 1. The molecule has 4 nitrogen and oxygen atoms in total. The average molecular weight is 352 g/mol. The van der Waals surface area contributed by atoms with E-state index in [1.165, 1.54) is 29.7 Å². The van der Waals surface area contributed by atoms with Crippen molar-refractivity contribution < 1.29 is 22.4 Å². The van der Waals surface area contributed by atoms with Crippen molar-refractivity contribution in [2.75, 3.05) is 5.32 Å². The summed E-state index contributed by atoms with van der Waals surface area (Å²) in [6.07, 6.45) is -2.96. The topological polar surface area (TPSA) is 55.1 Å². The minimum Gasteiger partial charge on any atom is -0.462 e. The van der Waals surface area contributed by atoms with Gasteiger partial charge in [0.05, 0.1) is 23.9 Å². The zero-order chi connectivity index (χ0) is 17.2. The van der Waals surface area contributed by atoms with E-state index in [4.69, 9.17) is 4.42 Å². The second-order valence-corrected chi connectivity index (χ2v) is 5.78. The summed E-state index contributed by atoms with van der Waals surface area (Å²) in [6, 6.07) is 7.99. The molecular formula is C16H11F3N2O2S. The van der Waals surface area contributed by atoms with Gasteiger partial charge in [-0.1, -0.05) is 6.07 Å². The van der Waals surface area contributed by atoms with Crippen LogP contribution in [0.25, 0.3) is 10.8 Å². The van der Waals surface area contributed by atoms with Gasteiger partial charge in [-0.05, 0) is 30.3 Å². The molecule has 124 valence electrons. The van der Waals surface area contributed by atoms with Crippen LogP contribution >= 0.6 is 11.3 Å². The van der Waals surface area contributed by atoms with Gasteiger partial charge in [-0.2, -0.15) is 13.2 Å². The van der Waals surface area contributed by atoms with Gasteiger partial charge in [0.15, 0.2) is 10.8 Å². The summed E-state index contributed by atoms with van der Waals surface area (Å²) in [5.41, 5.74) is -0.193. The number of halogens is 3. The number of thiazole rings is 1. The van der Waals surface area contributed by atoms with Crippen molar-refractivity contribution in [2.24, 2.45) is 0 Å². The Balaban J connectivity index is 1.66. The Morgan fingerprint density at radius 1 is 1.25 bits per heavy atom. The summed E-state index contributed by atoms with van der Waals surface area (Å²) >= 11 is 1.33. The molecule has 0 saturated heterocycles. The summed E-state index contributed by atoms with van der Waals surface area (Å²) in [5, 5.41) is 4.80. The van der Waals surface area contributed by atoms with E-state index in [1.54, 1.807) is 17.5 Å². The molecule has 2 aromatic heterocycles. The van der Waals surface area contributed by atoms with E-state index in [0.717, 1.165) is 12.1 Å². The van der Waals surface area contributed by atoms with Gasteiger partial charge in [0.1, 0.15) is 0 Å². The highest BCUT2D eigenvalue weighted by atomic mass is 32.1. The smallest absolute Gasteiger partial charge is 0.416 e. The highest BCUT2D eigenvalue weighted by Crippen LogP contribution is 2.30. The highest BCUT2D eigenvalue weighted by Gasteiger charge is 2.30. The molecule has 0 spiro atoms. The quantitative estimate of drug-likeness (QED) is 0.746. The third-order valence-corrected chi connectivity index (χ3v) is 4.00. The minimum atomic E-state index is -4.45. The summed E-state index contributed by atoms with van der Waals surface area (Å²) in [5.74, 6) is 0.162. The lowest BCUT2D eigenvalue weighted by molar-refractivity contribution is -0.137. The van der Waals surface area contributed by atoms with Crippen molar-refractivity contribution in [1.29, 1.82) is 0 Å². The molecule has 3 rings (SSSR count). The molecule has 0 atom stereocenters. The van der Waals surface area contributed by atoms with Crippen molar-refractivity contribution >= 4 is 22.9 Å². The molecule has 0 fully saturated rings. The molecule has 8 heteroatoms. The molecule has 24 heavy (non-hydrogen) atoms. The first kappa shape index (κ1) is 16.3. The molecule has 1 amide bonds. The summed E-state index contributed by atoms with van der Waals surface area (Å²) in [6.45, 7) is 0. The Labute approximate surface area is 139 Å². The molecule has 0 saturated carbocycles. The molecule has 0 unspecified atom stereocenters. The number of nitrogens with zero attached hydrogens (tertiary/aromatic N) is 1. The Hall–Kier alpha value is -2.61. The third kappa shape index (κ3) is 3.83. The van der Waals surface area contributed by atoms with Crippen LogP contribution in [0, 0.1) is 0 Å². The van der Waals surface area contributed by atoms with Crippen LogP contribution in [0.3, 0.4) is 0 Å². The van der Waals surface area contributed by atoms with Crippen LogP contribution in [0.4, 0.5) is 18.9 Å². The van der Waals surface area contributed by atoms with E-state index < -0.39 is 17.6 Å². The van der Waals surface area contributed by atoms with Crippen LogP contribution in [-0.4, -0.2) is 10.9 Å². The largest absolute Gasteiger partial charge is 0.462 e. The molecule has 2 heterocycles. The standard InChI is InChI=1S/C16H11F3N2O2S/c17-16(18,19)10-3-1-4-11(7-10)20-14(22)8-12-9-24-15(21-12)13-5-2-6-23-13/h1-7,9H,8H2,(H,20,22). The van der Waals surface area contributed by atoms with Gasteiger partial charge < -0.3 is 9.73 Å². The predicted octanol–water partition coefficient (Wildman–Crippen LogP) is 4.60. The first-order valence-electron chi connectivity index (χ1n) is 6.87. The number of nitrogens with one attached hydrogen (secondary N) is 1. The van der Waals surface area contributed by atoms with Crippen molar-refractivity contribution in [1.82, 2.24) is 4.98 Å². The third-order valence-electron chi connectivity index (χ3n) is 3.10. The van der Waals surface area contributed by atoms with Gasteiger partial charge in [-0.3, -0.25) is 4.79 Å². The van der Waals surface area contributed by atoms with E-state index in [9.17, 15) is 18.0 Å². The fourth-order valence-electron chi connectivity index (χ4n) is 2.04. The van der Waals surface area contributed by atoms with E-state index in [0.29, 0.717) is 16.5 Å². The number of furan rings is 1. The molecule has 1 aromatic carbocycles. The van der Waals surface area contributed by atoms with Crippen molar-refractivity contribution in [2.45, 2.75) is 12.6 Å². The lowest BCUT2D eigenvalue weighted by Crippen LogP contribution is -2.15. The molecule has 1 N–H and O–H groups in total. The first-order valence-corrected chi connectivity index (χ1v) is 7.75. The average Bonchev–Trinajstić information content (AvgIpc) is 3.17. The van der Waals surface area contributed by atoms with Gasteiger partial charge in [0.25, 0.3) is 0 Å². The van der Waals surface area contributed by atoms with Gasteiger partial charge in [-0.25, -0.2) is 4.98 Å². The molecule has 0 aliphatic rings. The summed E-state index contributed by atoms with van der Waals surface area (Å²) in [7, 11) is 0. The number of aromatic nitrogens is 1. The van der Waals surface area contributed by atoms with Gasteiger partial charge in [0.2, 0.25) is 5.91 Å². The molecule has 0 aliphatic heterocycles. The number of benzene rings is 1. The van der Waals surface area contributed by atoms with Crippen molar-refractivity contribution in [3.8, 4) is 10.8 Å². The lowest BCUT2D eigenvalue weighted by Gasteiger charge is -2.09. The van der Waals surface area contributed by atoms with Gasteiger partial charge in [0, 0.05) is 11.1 Å². The normalized spacial score (nSPS) is 11.5. The SMILES string of the molecule is O=C(Cc1csc(-c2ccco2)n1)Nc1cccc(C(F)(F)F)c1. The van der Waals surface area contributed by atoms with Crippen LogP contribution in [-0.2, 0) is 17.4 Å².